The van der Waals surface area contributed by atoms with Crippen LogP contribution in [0.1, 0.15) is 12.8 Å². The number of ether oxygens (including phenoxy) is 1. The summed E-state index contributed by atoms with van der Waals surface area (Å²) in [5, 5.41) is 3.38. The molecule has 1 saturated carbocycles. The lowest BCUT2D eigenvalue weighted by atomic mass is 10.2. The minimum Gasteiger partial charge on any atom is -0.383 e. The summed E-state index contributed by atoms with van der Waals surface area (Å²) in [6.07, 6.45) is 2.71. The minimum absolute atomic E-state index is 0.545. The molecule has 1 fully saturated rings. The topological polar surface area (TPSA) is 47.3 Å². The van der Waals surface area contributed by atoms with Crippen LogP contribution in [0.2, 0.25) is 0 Å². The highest BCUT2D eigenvalue weighted by atomic mass is 16.5. The number of hydrogen-bond donors (Lipinski definition) is 2. The summed E-state index contributed by atoms with van der Waals surface area (Å²) in [6, 6.07) is 0.545. The van der Waals surface area contributed by atoms with Crippen molar-refractivity contribution in [1.29, 1.82) is 0 Å². The molecule has 0 radical (unpaired) electrons. The van der Waals surface area contributed by atoms with Crippen molar-refractivity contribution in [1.82, 2.24) is 5.32 Å². The van der Waals surface area contributed by atoms with E-state index >= 15 is 0 Å². The van der Waals surface area contributed by atoms with E-state index in [-0.39, 0.29) is 0 Å². The van der Waals surface area contributed by atoms with Gasteiger partial charge in [-0.05, 0) is 18.8 Å². The monoisotopic (exact) mass is 158 g/mol. The van der Waals surface area contributed by atoms with Crippen molar-refractivity contribution >= 4 is 0 Å². The zero-order valence-electron chi connectivity index (χ0n) is 7.18. The summed E-state index contributed by atoms with van der Waals surface area (Å²) in [4.78, 5) is 0. The Morgan fingerprint density at radius 2 is 2.36 bits per heavy atom. The van der Waals surface area contributed by atoms with Gasteiger partial charge in [0.1, 0.15) is 0 Å². The number of nitrogens with two attached hydrogens (primary N) is 1. The van der Waals surface area contributed by atoms with Crippen LogP contribution in [0.4, 0.5) is 0 Å². The van der Waals surface area contributed by atoms with Gasteiger partial charge in [-0.25, -0.2) is 0 Å². The van der Waals surface area contributed by atoms with Crippen LogP contribution < -0.4 is 11.1 Å². The maximum atomic E-state index is 5.39. The summed E-state index contributed by atoms with van der Waals surface area (Å²) < 4.78 is 5.10. The van der Waals surface area contributed by atoms with Crippen molar-refractivity contribution in [2.75, 3.05) is 26.8 Å². The summed E-state index contributed by atoms with van der Waals surface area (Å²) in [5.41, 5.74) is 5.39. The summed E-state index contributed by atoms with van der Waals surface area (Å²) in [7, 11) is 1.75. The Morgan fingerprint density at radius 3 is 2.82 bits per heavy atom. The number of hydrogen-bond acceptors (Lipinski definition) is 3. The summed E-state index contributed by atoms with van der Waals surface area (Å²) in [6.45, 7) is 2.45. The largest absolute Gasteiger partial charge is 0.383 e. The van der Waals surface area contributed by atoms with E-state index in [2.05, 4.69) is 5.32 Å². The first kappa shape index (κ1) is 8.97. The van der Waals surface area contributed by atoms with E-state index in [0.717, 1.165) is 19.1 Å². The van der Waals surface area contributed by atoms with Crippen molar-refractivity contribution < 1.29 is 4.74 Å². The number of methoxy groups -OCH3 is 1. The molecule has 3 heteroatoms. The van der Waals surface area contributed by atoms with Gasteiger partial charge in [0.2, 0.25) is 0 Å². The number of nitrogens with one attached hydrogen (secondary N) is 1. The summed E-state index contributed by atoms with van der Waals surface area (Å²) >= 11 is 0. The molecule has 0 amide bonds. The predicted molar refractivity (Wildman–Crippen MR) is 45.4 cm³/mol. The van der Waals surface area contributed by atoms with Crippen molar-refractivity contribution in [2.24, 2.45) is 11.7 Å². The highest BCUT2D eigenvalue weighted by Crippen LogP contribution is 2.32. The van der Waals surface area contributed by atoms with E-state index in [1.165, 1.54) is 12.8 Å². The van der Waals surface area contributed by atoms with Gasteiger partial charge in [0.25, 0.3) is 0 Å². The Hall–Kier alpha value is -0.120. The third-order valence-corrected chi connectivity index (χ3v) is 2.09. The predicted octanol–water partition coefficient (Wildman–Crippen LogP) is -0.0403. The first-order valence-corrected chi connectivity index (χ1v) is 4.31. The summed E-state index contributed by atoms with van der Waals surface area (Å²) in [5.74, 6) is 0.849. The highest BCUT2D eigenvalue weighted by molar-refractivity contribution is 4.86. The van der Waals surface area contributed by atoms with E-state index in [1.807, 2.05) is 0 Å². The molecule has 11 heavy (non-hydrogen) atoms. The minimum atomic E-state index is 0.545. The third-order valence-electron chi connectivity index (χ3n) is 2.09. The van der Waals surface area contributed by atoms with Gasteiger partial charge < -0.3 is 15.8 Å². The van der Waals surface area contributed by atoms with E-state index in [0.29, 0.717) is 12.6 Å². The second-order valence-electron chi connectivity index (χ2n) is 3.14. The molecule has 0 saturated heterocycles. The third kappa shape index (κ3) is 3.18. The molecule has 0 bridgehead atoms. The van der Waals surface area contributed by atoms with Crippen molar-refractivity contribution in [3.63, 3.8) is 0 Å². The second-order valence-corrected chi connectivity index (χ2v) is 3.14. The Balaban J connectivity index is 2.10. The molecule has 1 atom stereocenters. The molecule has 1 rings (SSSR count). The Kier molecular flexibility index (Phi) is 3.83. The van der Waals surface area contributed by atoms with Gasteiger partial charge in [0.15, 0.2) is 0 Å². The van der Waals surface area contributed by atoms with Crippen LogP contribution in [0.5, 0.6) is 0 Å². The molecular formula is C8H18N2O. The lowest BCUT2D eigenvalue weighted by molar-refractivity contribution is 0.158. The van der Waals surface area contributed by atoms with Crippen LogP contribution in [-0.4, -0.2) is 32.8 Å². The van der Waals surface area contributed by atoms with Gasteiger partial charge >= 0.3 is 0 Å². The first-order chi connectivity index (χ1) is 5.38. The van der Waals surface area contributed by atoms with Gasteiger partial charge in [-0.1, -0.05) is 0 Å². The van der Waals surface area contributed by atoms with Crippen LogP contribution in [0, 0.1) is 5.92 Å². The van der Waals surface area contributed by atoms with Gasteiger partial charge in [-0.2, -0.15) is 0 Å². The van der Waals surface area contributed by atoms with Crippen LogP contribution >= 0.6 is 0 Å². The van der Waals surface area contributed by atoms with E-state index in [1.54, 1.807) is 7.11 Å². The zero-order chi connectivity index (χ0) is 8.10. The van der Waals surface area contributed by atoms with Crippen molar-refractivity contribution in [2.45, 2.75) is 18.9 Å². The standard InChI is InChI=1S/C8H18N2O/c1-11-6-8(7-2-3-7)10-5-4-9/h7-8,10H,2-6,9H2,1H3. The lowest BCUT2D eigenvalue weighted by Crippen LogP contribution is -2.38. The second kappa shape index (κ2) is 4.70. The Bertz CT molecular complexity index is 104. The molecule has 66 valence electrons. The molecule has 1 unspecified atom stereocenters. The average molecular weight is 158 g/mol. The van der Waals surface area contributed by atoms with Gasteiger partial charge in [-0.3, -0.25) is 0 Å². The average Bonchev–Trinajstić information content (AvgIpc) is 2.80. The fraction of sp³-hybridized carbons (Fsp3) is 1.00. The van der Waals surface area contributed by atoms with Gasteiger partial charge in [-0.15, -0.1) is 0 Å². The van der Waals surface area contributed by atoms with Crippen molar-refractivity contribution in [3.05, 3.63) is 0 Å². The molecule has 0 aromatic carbocycles. The fourth-order valence-electron chi connectivity index (χ4n) is 1.31. The fourth-order valence-corrected chi connectivity index (χ4v) is 1.31. The SMILES string of the molecule is COCC(NCCN)C1CC1. The maximum Gasteiger partial charge on any atom is 0.0618 e. The van der Waals surface area contributed by atoms with Crippen LogP contribution in [-0.2, 0) is 4.74 Å². The Labute approximate surface area is 68.3 Å². The van der Waals surface area contributed by atoms with Gasteiger partial charge in [0.05, 0.1) is 6.61 Å². The normalized spacial score (nSPS) is 20.2. The molecule has 0 aromatic rings. The molecule has 3 N–H and O–H groups in total. The number of rotatable bonds is 6. The Morgan fingerprint density at radius 1 is 1.64 bits per heavy atom. The van der Waals surface area contributed by atoms with E-state index in [4.69, 9.17) is 10.5 Å². The molecule has 1 aliphatic carbocycles. The molecule has 0 spiro atoms. The van der Waals surface area contributed by atoms with Gasteiger partial charge in [0, 0.05) is 26.2 Å². The molecule has 0 aliphatic heterocycles. The smallest absolute Gasteiger partial charge is 0.0618 e. The molecular weight excluding hydrogens is 140 g/mol. The highest BCUT2D eigenvalue weighted by Gasteiger charge is 2.30. The zero-order valence-corrected chi connectivity index (χ0v) is 7.18. The van der Waals surface area contributed by atoms with Crippen LogP contribution in [0.3, 0.4) is 0 Å². The van der Waals surface area contributed by atoms with Crippen LogP contribution in [0.25, 0.3) is 0 Å². The van der Waals surface area contributed by atoms with Crippen molar-refractivity contribution in [3.8, 4) is 0 Å². The van der Waals surface area contributed by atoms with Crippen LogP contribution in [0.15, 0.2) is 0 Å². The quantitative estimate of drug-likeness (QED) is 0.570. The molecule has 0 aromatic heterocycles. The molecule has 0 heterocycles. The maximum absolute atomic E-state index is 5.39. The molecule has 3 nitrogen and oxygen atoms in total. The van der Waals surface area contributed by atoms with E-state index < -0.39 is 0 Å². The molecule has 1 aliphatic rings. The lowest BCUT2D eigenvalue weighted by Gasteiger charge is -2.16. The van der Waals surface area contributed by atoms with E-state index in [9.17, 15) is 0 Å². The first-order valence-electron chi connectivity index (χ1n) is 4.31.